The lowest BCUT2D eigenvalue weighted by atomic mass is 10.0. The van der Waals surface area contributed by atoms with Crippen LogP contribution in [0.5, 0.6) is 0 Å². The van der Waals surface area contributed by atoms with E-state index < -0.39 is 5.60 Å². The second kappa shape index (κ2) is 5.77. The Morgan fingerprint density at radius 2 is 2.28 bits per heavy atom. The van der Waals surface area contributed by atoms with Crippen LogP contribution in [-0.2, 0) is 6.54 Å². The highest BCUT2D eigenvalue weighted by atomic mass is 32.2. The van der Waals surface area contributed by atoms with Crippen molar-refractivity contribution < 1.29 is 5.11 Å². The second-order valence-electron chi connectivity index (χ2n) is 5.03. The third-order valence-corrected chi connectivity index (χ3v) is 5.65. The number of aryl methyl sites for hydroxylation is 1. The zero-order chi connectivity index (χ0) is 13.2. The van der Waals surface area contributed by atoms with E-state index in [9.17, 15) is 5.11 Å². The van der Waals surface area contributed by atoms with Gasteiger partial charge in [-0.25, -0.2) is 4.98 Å². The van der Waals surface area contributed by atoms with Gasteiger partial charge in [0.25, 0.3) is 0 Å². The maximum absolute atomic E-state index is 10.2. The summed E-state index contributed by atoms with van der Waals surface area (Å²) in [6, 6.07) is 0. The van der Waals surface area contributed by atoms with Gasteiger partial charge in [-0.1, -0.05) is 0 Å². The summed E-state index contributed by atoms with van der Waals surface area (Å²) in [6.07, 6.45) is 0.898. The maximum atomic E-state index is 10.2. The number of thioether (sulfide) groups is 1. The van der Waals surface area contributed by atoms with E-state index in [1.54, 1.807) is 11.3 Å². The molecule has 6 heteroatoms. The first kappa shape index (κ1) is 14.1. The van der Waals surface area contributed by atoms with Crippen molar-refractivity contribution in [3.63, 3.8) is 0 Å². The number of thiazole rings is 1. The number of anilines is 1. The number of hydrogen-bond acceptors (Lipinski definition) is 6. The molecule has 1 aliphatic heterocycles. The molecule has 0 radical (unpaired) electrons. The minimum Gasteiger partial charge on any atom is -0.388 e. The van der Waals surface area contributed by atoms with E-state index in [4.69, 9.17) is 0 Å². The van der Waals surface area contributed by atoms with Crippen molar-refractivity contribution in [2.75, 3.05) is 37.0 Å². The summed E-state index contributed by atoms with van der Waals surface area (Å²) < 4.78 is 0. The summed E-state index contributed by atoms with van der Waals surface area (Å²) in [6.45, 7) is 3.51. The van der Waals surface area contributed by atoms with Crippen molar-refractivity contribution in [1.29, 1.82) is 0 Å². The first-order valence-electron chi connectivity index (χ1n) is 6.15. The molecule has 0 bridgehead atoms. The zero-order valence-electron chi connectivity index (χ0n) is 11.2. The smallest absolute Gasteiger partial charge is 0.185 e. The summed E-state index contributed by atoms with van der Waals surface area (Å²) in [7, 11) is 4.02. The molecule has 0 saturated carbocycles. The Morgan fingerprint density at radius 3 is 2.83 bits per heavy atom. The molecule has 0 aromatic carbocycles. The molecule has 1 aliphatic rings. The predicted molar refractivity (Wildman–Crippen MR) is 79.8 cm³/mol. The van der Waals surface area contributed by atoms with Crippen LogP contribution < -0.4 is 10.2 Å². The van der Waals surface area contributed by atoms with Gasteiger partial charge in [-0.05, 0) is 19.1 Å². The van der Waals surface area contributed by atoms with Gasteiger partial charge in [0, 0.05) is 37.8 Å². The Balaban J connectivity index is 1.86. The Labute approximate surface area is 117 Å². The van der Waals surface area contributed by atoms with Gasteiger partial charge in [-0.2, -0.15) is 11.8 Å². The molecule has 18 heavy (non-hydrogen) atoms. The molecule has 1 atom stereocenters. The van der Waals surface area contributed by atoms with Gasteiger partial charge in [-0.15, -0.1) is 11.3 Å². The Morgan fingerprint density at radius 1 is 1.50 bits per heavy atom. The zero-order valence-corrected chi connectivity index (χ0v) is 12.8. The van der Waals surface area contributed by atoms with E-state index in [1.165, 1.54) is 4.88 Å². The predicted octanol–water partition coefficient (Wildman–Crippen LogP) is 1.48. The van der Waals surface area contributed by atoms with Crippen LogP contribution in [0.1, 0.15) is 17.0 Å². The molecule has 0 amide bonds. The van der Waals surface area contributed by atoms with Crippen molar-refractivity contribution in [2.45, 2.75) is 25.5 Å². The summed E-state index contributed by atoms with van der Waals surface area (Å²) in [5.41, 5.74) is 0.581. The number of aliphatic hydroxyl groups is 1. The van der Waals surface area contributed by atoms with Crippen molar-refractivity contribution in [3.8, 4) is 0 Å². The highest BCUT2D eigenvalue weighted by molar-refractivity contribution is 7.99. The van der Waals surface area contributed by atoms with E-state index >= 15 is 0 Å². The average molecular weight is 287 g/mol. The second-order valence-corrected chi connectivity index (χ2v) is 7.20. The number of hydrogen-bond donors (Lipinski definition) is 2. The van der Waals surface area contributed by atoms with Crippen molar-refractivity contribution in [2.24, 2.45) is 0 Å². The van der Waals surface area contributed by atoms with Gasteiger partial charge in [0.1, 0.15) is 0 Å². The van der Waals surface area contributed by atoms with Crippen molar-refractivity contribution in [1.82, 2.24) is 10.3 Å². The molecule has 2 N–H and O–H groups in total. The molecular formula is C12H21N3OS2. The van der Waals surface area contributed by atoms with Crippen molar-refractivity contribution in [3.05, 3.63) is 10.6 Å². The molecule has 4 nitrogen and oxygen atoms in total. The third-order valence-electron chi connectivity index (χ3n) is 3.09. The standard InChI is InChI=1S/C12H21N3OS2/c1-9-10(18-11(14-9)15(2)3)6-13-7-12(16)4-5-17-8-12/h13,16H,4-8H2,1-3H3. The van der Waals surface area contributed by atoms with Crippen LogP contribution in [0.2, 0.25) is 0 Å². The van der Waals surface area contributed by atoms with Crippen LogP contribution in [0.15, 0.2) is 0 Å². The molecular weight excluding hydrogens is 266 g/mol. The van der Waals surface area contributed by atoms with Gasteiger partial charge in [0.2, 0.25) is 0 Å². The summed E-state index contributed by atoms with van der Waals surface area (Å²) in [4.78, 5) is 7.80. The van der Waals surface area contributed by atoms with Crippen LogP contribution >= 0.6 is 23.1 Å². The van der Waals surface area contributed by atoms with Gasteiger partial charge >= 0.3 is 0 Å². The fourth-order valence-electron chi connectivity index (χ4n) is 1.91. The molecule has 1 saturated heterocycles. The Bertz CT molecular complexity index is 400. The van der Waals surface area contributed by atoms with Gasteiger partial charge in [0.05, 0.1) is 11.3 Å². The first-order valence-corrected chi connectivity index (χ1v) is 8.12. The van der Waals surface area contributed by atoms with Crippen LogP contribution in [0.4, 0.5) is 5.13 Å². The van der Waals surface area contributed by atoms with Crippen LogP contribution in [0, 0.1) is 6.92 Å². The lowest BCUT2D eigenvalue weighted by Crippen LogP contribution is -2.40. The van der Waals surface area contributed by atoms with E-state index in [0.29, 0.717) is 6.54 Å². The topological polar surface area (TPSA) is 48.4 Å². The number of rotatable bonds is 5. The van der Waals surface area contributed by atoms with E-state index in [2.05, 4.69) is 10.3 Å². The minimum absolute atomic E-state index is 0.506. The van der Waals surface area contributed by atoms with Gasteiger partial charge in [-0.3, -0.25) is 0 Å². The van der Waals surface area contributed by atoms with Crippen molar-refractivity contribution >= 4 is 28.2 Å². The van der Waals surface area contributed by atoms with E-state index in [1.807, 2.05) is 37.7 Å². The van der Waals surface area contributed by atoms with E-state index in [-0.39, 0.29) is 0 Å². The number of nitrogens with one attached hydrogen (secondary N) is 1. The monoisotopic (exact) mass is 287 g/mol. The molecule has 102 valence electrons. The molecule has 2 heterocycles. The number of nitrogens with zero attached hydrogens (tertiary/aromatic N) is 2. The fourth-order valence-corrected chi connectivity index (χ4v) is 4.16. The lowest BCUT2D eigenvalue weighted by molar-refractivity contribution is 0.0675. The third kappa shape index (κ3) is 3.38. The minimum atomic E-state index is -0.506. The maximum Gasteiger partial charge on any atom is 0.185 e. The van der Waals surface area contributed by atoms with E-state index in [0.717, 1.165) is 35.3 Å². The van der Waals surface area contributed by atoms with Gasteiger partial charge in [0.15, 0.2) is 5.13 Å². The highest BCUT2D eigenvalue weighted by Gasteiger charge is 2.31. The first-order chi connectivity index (χ1) is 8.50. The molecule has 2 rings (SSSR count). The van der Waals surface area contributed by atoms with Crippen LogP contribution in [-0.4, -0.2) is 47.8 Å². The molecule has 1 unspecified atom stereocenters. The van der Waals surface area contributed by atoms with Crippen LogP contribution in [0.25, 0.3) is 0 Å². The Hall–Kier alpha value is -0.300. The molecule has 0 aliphatic carbocycles. The molecule has 1 fully saturated rings. The normalized spacial score (nSPS) is 23.6. The molecule has 1 aromatic rings. The largest absolute Gasteiger partial charge is 0.388 e. The lowest BCUT2D eigenvalue weighted by Gasteiger charge is -2.21. The quantitative estimate of drug-likeness (QED) is 0.859. The molecule has 1 aromatic heterocycles. The fraction of sp³-hybridized carbons (Fsp3) is 0.750. The average Bonchev–Trinajstić information content (AvgIpc) is 2.87. The Kier molecular flexibility index (Phi) is 4.53. The molecule has 0 spiro atoms. The van der Waals surface area contributed by atoms with Gasteiger partial charge < -0.3 is 15.3 Å². The highest BCUT2D eigenvalue weighted by Crippen LogP contribution is 2.28. The summed E-state index contributed by atoms with van der Waals surface area (Å²) in [5, 5.41) is 14.6. The summed E-state index contributed by atoms with van der Waals surface area (Å²) >= 11 is 3.55. The summed E-state index contributed by atoms with van der Waals surface area (Å²) in [5.74, 6) is 1.92. The van der Waals surface area contributed by atoms with Crippen LogP contribution in [0.3, 0.4) is 0 Å². The SMILES string of the molecule is Cc1nc(N(C)C)sc1CNCC1(O)CCSC1. The number of aromatic nitrogens is 1.